The van der Waals surface area contributed by atoms with Crippen molar-refractivity contribution >= 4 is 28.9 Å². The predicted molar refractivity (Wildman–Crippen MR) is 99.5 cm³/mol. The summed E-state index contributed by atoms with van der Waals surface area (Å²) in [5.41, 5.74) is 1.42. The molecule has 25 heavy (non-hydrogen) atoms. The molecule has 2 N–H and O–H groups in total. The van der Waals surface area contributed by atoms with Crippen molar-refractivity contribution in [1.29, 1.82) is 0 Å². The third kappa shape index (κ3) is 5.37. The Kier molecular flexibility index (Phi) is 6.14. The molecule has 5 nitrogen and oxygen atoms in total. The Morgan fingerprint density at radius 3 is 2.92 bits per heavy atom. The smallest absolute Gasteiger partial charge is 0.243 e. The van der Waals surface area contributed by atoms with E-state index in [1.807, 2.05) is 42.5 Å². The van der Waals surface area contributed by atoms with Gasteiger partial charge in [-0.1, -0.05) is 29.8 Å². The number of hydrogen-bond acceptors (Lipinski definition) is 4. The highest BCUT2D eigenvalue weighted by Crippen LogP contribution is 2.21. The van der Waals surface area contributed by atoms with Crippen LogP contribution in [0.4, 0.5) is 11.4 Å². The van der Waals surface area contributed by atoms with E-state index in [2.05, 4.69) is 10.6 Å². The van der Waals surface area contributed by atoms with Crippen LogP contribution in [-0.2, 0) is 9.53 Å². The Bertz CT molecular complexity index is 717. The first kappa shape index (κ1) is 17.6. The number of hydrogen-bond donors (Lipinski definition) is 2. The molecule has 1 aliphatic heterocycles. The maximum Gasteiger partial charge on any atom is 0.243 e. The van der Waals surface area contributed by atoms with Crippen LogP contribution in [0, 0.1) is 0 Å². The molecular weight excluding hydrogens is 340 g/mol. The Balaban J connectivity index is 1.49. The maximum absolute atomic E-state index is 12.1. The molecule has 1 fully saturated rings. The van der Waals surface area contributed by atoms with E-state index in [0.29, 0.717) is 23.1 Å². The number of ether oxygens (including phenoxy) is 2. The molecule has 1 heterocycles. The van der Waals surface area contributed by atoms with E-state index in [4.69, 9.17) is 21.1 Å². The first-order valence-corrected chi connectivity index (χ1v) is 8.71. The van der Waals surface area contributed by atoms with Crippen molar-refractivity contribution in [3.05, 3.63) is 53.6 Å². The molecule has 132 valence electrons. The number of carbonyl (C=O) groups excluding carboxylic acids is 1. The van der Waals surface area contributed by atoms with Crippen LogP contribution in [0.2, 0.25) is 5.02 Å². The molecule has 0 saturated carbocycles. The number of rotatable bonds is 7. The second-order valence-corrected chi connectivity index (χ2v) is 6.26. The Morgan fingerprint density at radius 1 is 1.24 bits per heavy atom. The largest absolute Gasteiger partial charge is 0.491 e. The minimum Gasteiger partial charge on any atom is -0.491 e. The molecule has 0 spiro atoms. The summed E-state index contributed by atoms with van der Waals surface area (Å²) in [6.07, 6.45) is 2.28. The lowest BCUT2D eigenvalue weighted by molar-refractivity contribution is -0.114. The lowest BCUT2D eigenvalue weighted by atomic mass is 10.2. The highest BCUT2D eigenvalue weighted by atomic mass is 35.5. The normalized spacial score (nSPS) is 16.4. The molecule has 1 aliphatic rings. The lowest BCUT2D eigenvalue weighted by Gasteiger charge is -2.13. The molecule has 0 radical (unpaired) electrons. The van der Waals surface area contributed by atoms with Gasteiger partial charge in [0.2, 0.25) is 5.91 Å². The summed E-state index contributed by atoms with van der Waals surface area (Å²) in [5, 5.41) is 6.45. The van der Waals surface area contributed by atoms with Gasteiger partial charge < -0.3 is 20.1 Å². The van der Waals surface area contributed by atoms with Crippen LogP contribution in [0.15, 0.2) is 48.5 Å². The van der Waals surface area contributed by atoms with Gasteiger partial charge in [-0.2, -0.15) is 0 Å². The molecule has 1 amide bonds. The van der Waals surface area contributed by atoms with Crippen LogP contribution in [0.1, 0.15) is 12.8 Å². The van der Waals surface area contributed by atoms with Gasteiger partial charge in [0.25, 0.3) is 0 Å². The van der Waals surface area contributed by atoms with Crippen molar-refractivity contribution in [2.24, 2.45) is 0 Å². The van der Waals surface area contributed by atoms with Crippen LogP contribution in [0.5, 0.6) is 5.75 Å². The van der Waals surface area contributed by atoms with Gasteiger partial charge in [0.05, 0.1) is 23.4 Å². The van der Waals surface area contributed by atoms with Crippen LogP contribution >= 0.6 is 11.6 Å². The van der Waals surface area contributed by atoms with Gasteiger partial charge in [0.15, 0.2) is 0 Å². The van der Waals surface area contributed by atoms with Crippen LogP contribution in [0.25, 0.3) is 0 Å². The monoisotopic (exact) mass is 360 g/mol. The average Bonchev–Trinajstić information content (AvgIpc) is 3.13. The second kappa shape index (κ2) is 8.74. The summed E-state index contributed by atoms with van der Waals surface area (Å²) in [6.45, 7) is 1.47. The van der Waals surface area contributed by atoms with E-state index < -0.39 is 0 Å². The SMILES string of the molecule is O=C(CNc1ccccc1Cl)Nc1cccc(OCC2CCCO2)c1. The maximum atomic E-state index is 12.1. The Labute approximate surface area is 152 Å². The van der Waals surface area contributed by atoms with E-state index in [0.717, 1.165) is 25.1 Å². The third-order valence-electron chi connectivity index (χ3n) is 3.89. The fourth-order valence-corrected chi connectivity index (χ4v) is 2.82. The van der Waals surface area contributed by atoms with Crippen molar-refractivity contribution < 1.29 is 14.3 Å². The average molecular weight is 361 g/mol. The molecule has 6 heteroatoms. The zero-order chi connectivity index (χ0) is 17.5. The van der Waals surface area contributed by atoms with E-state index in [1.165, 1.54) is 0 Å². The summed E-state index contributed by atoms with van der Waals surface area (Å²) in [6, 6.07) is 14.7. The minimum absolute atomic E-state index is 0.130. The van der Waals surface area contributed by atoms with Crippen LogP contribution < -0.4 is 15.4 Å². The lowest BCUT2D eigenvalue weighted by Crippen LogP contribution is -2.22. The highest BCUT2D eigenvalue weighted by Gasteiger charge is 2.16. The molecule has 1 saturated heterocycles. The quantitative estimate of drug-likeness (QED) is 0.785. The van der Waals surface area contributed by atoms with Crippen molar-refractivity contribution in [3.8, 4) is 5.75 Å². The zero-order valence-corrected chi connectivity index (χ0v) is 14.6. The fraction of sp³-hybridized carbons (Fsp3) is 0.316. The van der Waals surface area contributed by atoms with Crippen molar-refractivity contribution in [1.82, 2.24) is 0 Å². The molecule has 2 aromatic carbocycles. The van der Waals surface area contributed by atoms with Crippen molar-refractivity contribution in [2.45, 2.75) is 18.9 Å². The standard InChI is InChI=1S/C19H21ClN2O3/c20-17-8-1-2-9-18(17)21-12-19(23)22-14-5-3-6-15(11-14)25-13-16-7-4-10-24-16/h1-3,5-6,8-9,11,16,21H,4,7,10,12-13H2,(H,22,23). The topological polar surface area (TPSA) is 59.6 Å². The number of halogens is 1. The van der Waals surface area contributed by atoms with Gasteiger partial charge in [0.1, 0.15) is 12.4 Å². The Hall–Kier alpha value is -2.24. The van der Waals surface area contributed by atoms with E-state index in [1.54, 1.807) is 6.07 Å². The van der Waals surface area contributed by atoms with Crippen LogP contribution in [0.3, 0.4) is 0 Å². The summed E-state index contributed by atoms with van der Waals surface area (Å²) in [5.74, 6) is 0.559. The highest BCUT2D eigenvalue weighted by molar-refractivity contribution is 6.33. The number of nitrogens with one attached hydrogen (secondary N) is 2. The number of carbonyl (C=O) groups is 1. The number of amides is 1. The number of anilines is 2. The van der Waals surface area contributed by atoms with Gasteiger partial charge >= 0.3 is 0 Å². The molecule has 3 rings (SSSR count). The van der Waals surface area contributed by atoms with Crippen LogP contribution in [-0.4, -0.2) is 31.8 Å². The van der Waals surface area contributed by atoms with Gasteiger partial charge in [-0.15, -0.1) is 0 Å². The summed E-state index contributed by atoms with van der Waals surface area (Å²) in [7, 11) is 0. The molecule has 2 aromatic rings. The summed E-state index contributed by atoms with van der Waals surface area (Å²) in [4.78, 5) is 12.1. The van der Waals surface area contributed by atoms with Gasteiger partial charge in [-0.05, 0) is 37.1 Å². The Morgan fingerprint density at radius 2 is 2.12 bits per heavy atom. The van der Waals surface area contributed by atoms with E-state index in [-0.39, 0.29) is 18.6 Å². The second-order valence-electron chi connectivity index (χ2n) is 5.86. The summed E-state index contributed by atoms with van der Waals surface area (Å²) < 4.78 is 11.3. The van der Waals surface area contributed by atoms with Gasteiger partial charge in [0, 0.05) is 18.4 Å². The molecule has 0 aromatic heterocycles. The van der Waals surface area contributed by atoms with Crippen molar-refractivity contribution in [2.75, 3.05) is 30.4 Å². The zero-order valence-electron chi connectivity index (χ0n) is 13.8. The van der Waals surface area contributed by atoms with Crippen molar-refractivity contribution in [3.63, 3.8) is 0 Å². The molecule has 0 bridgehead atoms. The molecule has 1 unspecified atom stereocenters. The van der Waals surface area contributed by atoms with E-state index >= 15 is 0 Å². The minimum atomic E-state index is -0.156. The third-order valence-corrected chi connectivity index (χ3v) is 4.22. The summed E-state index contributed by atoms with van der Waals surface area (Å²) >= 11 is 6.06. The van der Waals surface area contributed by atoms with E-state index in [9.17, 15) is 4.79 Å². The first-order chi connectivity index (χ1) is 12.2. The molecule has 0 aliphatic carbocycles. The number of benzene rings is 2. The number of para-hydroxylation sites is 1. The molecular formula is C19H21ClN2O3. The fourth-order valence-electron chi connectivity index (χ4n) is 2.61. The molecule has 1 atom stereocenters. The van der Waals surface area contributed by atoms with Gasteiger partial charge in [-0.25, -0.2) is 0 Å². The predicted octanol–water partition coefficient (Wildman–Crippen LogP) is 3.95. The van der Waals surface area contributed by atoms with Gasteiger partial charge in [-0.3, -0.25) is 4.79 Å². The first-order valence-electron chi connectivity index (χ1n) is 8.33.